The largest absolute Gasteiger partial charge is 0.322 e. The van der Waals surface area contributed by atoms with Crippen molar-refractivity contribution < 1.29 is 18.0 Å². The average molecular weight is 300 g/mol. The van der Waals surface area contributed by atoms with Crippen molar-refractivity contribution in [2.24, 2.45) is 0 Å². The third-order valence-electron chi connectivity index (χ3n) is 2.72. The Hall–Kier alpha value is -2.01. The fraction of sp³-hybridized carbons (Fsp3) is 0.0714. The number of halogens is 4. The fourth-order valence-electron chi connectivity index (χ4n) is 1.66. The standard InChI is InChI=1S/C14H9ClF3NO/c1-7-6-8(15)2-5-11(7)19-14(20)9-3-4-10(16)13(18)12(9)17/h2-6H,1H3,(H,19,20). The number of rotatable bonds is 2. The second-order valence-corrected chi connectivity index (χ2v) is 4.57. The minimum absolute atomic E-state index is 0.406. The molecule has 0 bridgehead atoms. The number of carbonyl (C=O) groups excluding carboxylic acids is 1. The van der Waals surface area contributed by atoms with E-state index in [9.17, 15) is 18.0 Å². The summed E-state index contributed by atoms with van der Waals surface area (Å²) in [6.45, 7) is 1.70. The summed E-state index contributed by atoms with van der Waals surface area (Å²) in [7, 11) is 0. The molecule has 0 spiro atoms. The summed E-state index contributed by atoms with van der Waals surface area (Å²) >= 11 is 5.77. The van der Waals surface area contributed by atoms with E-state index in [2.05, 4.69) is 5.32 Å². The second kappa shape index (κ2) is 5.54. The van der Waals surface area contributed by atoms with Crippen LogP contribution in [0.15, 0.2) is 30.3 Å². The van der Waals surface area contributed by atoms with Crippen LogP contribution in [0.5, 0.6) is 0 Å². The monoisotopic (exact) mass is 299 g/mol. The van der Waals surface area contributed by atoms with Crippen LogP contribution in [-0.2, 0) is 0 Å². The summed E-state index contributed by atoms with van der Waals surface area (Å²) in [5, 5.41) is 2.90. The number of nitrogens with one attached hydrogen (secondary N) is 1. The maximum atomic E-state index is 13.5. The first-order valence-corrected chi connectivity index (χ1v) is 5.99. The van der Waals surface area contributed by atoms with Crippen LogP contribution in [-0.4, -0.2) is 5.91 Å². The summed E-state index contributed by atoms with van der Waals surface area (Å²) < 4.78 is 39.4. The van der Waals surface area contributed by atoms with Crippen LogP contribution in [0.3, 0.4) is 0 Å². The third kappa shape index (κ3) is 2.77. The Morgan fingerprint density at radius 3 is 2.45 bits per heavy atom. The van der Waals surface area contributed by atoms with Crippen molar-refractivity contribution in [2.75, 3.05) is 5.32 Å². The molecule has 0 heterocycles. The van der Waals surface area contributed by atoms with E-state index in [4.69, 9.17) is 11.6 Å². The van der Waals surface area contributed by atoms with E-state index in [1.165, 1.54) is 6.07 Å². The summed E-state index contributed by atoms with van der Waals surface area (Å²) in [5.41, 5.74) is 0.496. The van der Waals surface area contributed by atoms with Gasteiger partial charge in [-0.2, -0.15) is 0 Å². The van der Waals surface area contributed by atoms with E-state index in [0.29, 0.717) is 22.3 Å². The predicted molar refractivity (Wildman–Crippen MR) is 70.5 cm³/mol. The van der Waals surface area contributed by atoms with E-state index in [0.717, 1.165) is 6.07 Å². The minimum atomic E-state index is -1.68. The van der Waals surface area contributed by atoms with Gasteiger partial charge in [0.1, 0.15) is 0 Å². The van der Waals surface area contributed by atoms with Gasteiger partial charge in [0, 0.05) is 10.7 Å². The summed E-state index contributed by atoms with van der Waals surface area (Å²) in [4.78, 5) is 11.9. The topological polar surface area (TPSA) is 29.1 Å². The molecule has 1 amide bonds. The van der Waals surface area contributed by atoms with Crippen LogP contribution in [0, 0.1) is 24.4 Å². The van der Waals surface area contributed by atoms with Gasteiger partial charge in [0.25, 0.3) is 5.91 Å². The number of anilines is 1. The average Bonchev–Trinajstić information content (AvgIpc) is 2.39. The molecule has 1 N–H and O–H groups in total. The number of amides is 1. The molecular weight excluding hydrogens is 291 g/mol. The number of benzene rings is 2. The van der Waals surface area contributed by atoms with Crippen LogP contribution < -0.4 is 5.32 Å². The lowest BCUT2D eigenvalue weighted by Crippen LogP contribution is -2.15. The molecule has 0 aliphatic heterocycles. The number of hydrogen-bond acceptors (Lipinski definition) is 1. The molecule has 0 fully saturated rings. The molecule has 2 nitrogen and oxygen atoms in total. The quantitative estimate of drug-likeness (QED) is 0.822. The molecular formula is C14H9ClF3NO. The Morgan fingerprint density at radius 2 is 1.80 bits per heavy atom. The van der Waals surface area contributed by atoms with Gasteiger partial charge in [0.15, 0.2) is 17.5 Å². The Balaban J connectivity index is 2.31. The van der Waals surface area contributed by atoms with Crippen LogP contribution in [0.2, 0.25) is 5.02 Å². The first-order chi connectivity index (χ1) is 9.40. The zero-order valence-electron chi connectivity index (χ0n) is 10.3. The number of hydrogen-bond donors (Lipinski definition) is 1. The molecule has 2 aromatic carbocycles. The van der Waals surface area contributed by atoms with E-state index in [1.807, 2.05) is 0 Å². The van der Waals surface area contributed by atoms with Gasteiger partial charge in [-0.15, -0.1) is 0 Å². The van der Waals surface area contributed by atoms with Crippen molar-refractivity contribution in [3.8, 4) is 0 Å². The lowest BCUT2D eigenvalue weighted by molar-refractivity contribution is 0.102. The third-order valence-corrected chi connectivity index (χ3v) is 2.95. The molecule has 0 atom stereocenters. The van der Waals surface area contributed by atoms with E-state index < -0.39 is 28.9 Å². The van der Waals surface area contributed by atoms with Gasteiger partial charge < -0.3 is 5.32 Å². The normalized spacial score (nSPS) is 10.4. The molecule has 0 aliphatic carbocycles. The van der Waals surface area contributed by atoms with Gasteiger partial charge in [-0.1, -0.05) is 11.6 Å². The van der Waals surface area contributed by atoms with Crippen molar-refractivity contribution >= 4 is 23.2 Å². The molecule has 0 saturated carbocycles. The lowest BCUT2D eigenvalue weighted by Gasteiger charge is -2.09. The maximum Gasteiger partial charge on any atom is 0.258 e. The van der Waals surface area contributed by atoms with E-state index in [-0.39, 0.29) is 0 Å². The molecule has 0 saturated heterocycles. The zero-order chi connectivity index (χ0) is 14.9. The smallest absolute Gasteiger partial charge is 0.258 e. The lowest BCUT2D eigenvalue weighted by atomic mass is 10.1. The fourth-order valence-corrected chi connectivity index (χ4v) is 1.88. The van der Waals surface area contributed by atoms with Crippen LogP contribution in [0.25, 0.3) is 0 Å². The highest BCUT2D eigenvalue weighted by Gasteiger charge is 2.19. The highest BCUT2D eigenvalue weighted by atomic mass is 35.5. The van der Waals surface area contributed by atoms with Gasteiger partial charge in [-0.25, -0.2) is 13.2 Å². The van der Waals surface area contributed by atoms with Crippen LogP contribution >= 0.6 is 11.6 Å². The van der Waals surface area contributed by atoms with Gasteiger partial charge in [-0.3, -0.25) is 4.79 Å². The highest BCUT2D eigenvalue weighted by molar-refractivity contribution is 6.30. The van der Waals surface area contributed by atoms with E-state index >= 15 is 0 Å². The molecule has 2 aromatic rings. The molecule has 0 radical (unpaired) electrons. The number of carbonyl (C=O) groups is 1. The van der Waals surface area contributed by atoms with Crippen molar-refractivity contribution in [1.82, 2.24) is 0 Å². The Morgan fingerprint density at radius 1 is 1.10 bits per heavy atom. The summed E-state index contributed by atoms with van der Waals surface area (Å²) in [6, 6.07) is 6.27. The zero-order valence-corrected chi connectivity index (χ0v) is 11.1. The molecule has 6 heteroatoms. The van der Waals surface area contributed by atoms with Crippen LogP contribution in [0.1, 0.15) is 15.9 Å². The molecule has 0 unspecified atom stereocenters. The van der Waals surface area contributed by atoms with Crippen LogP contribution in [0.4, 0.5) is 18.9 Å². The SMILES string of the molecule is Cc1cc(Cl)ccc1NC(=O)c1ccc(F)c(F)c1F. The Bertz CT molecular complexity index is 688. The maximum absolute atomic E-state index is 13.5. The van der Waals surface area contributed by atoms with E-state index in [1.54, 1.807) is 19.1 Å². The van der Waals surface area contributed by atoms with Gasteiger partial charge in [0.2, 0.25) is 0 Å². The molecule has 104 valence electrons. The summed E-state index contributed by atoms with van der Waals surface area (Å²) in [5.74, 6) is -5.41. The van der Waals surface area contributed by atoms with Crippen molar-refractivity contribution in [2.45, 2.75) is 6.92 Å². The summed E-state index contributed by atoms with van der Waals surface area (Å²) in [6.07, 6.45) is 0. The molecule has 20 heavy (non-hydrogen) atoms. The van der Waals surface area contributed by atoms with Gasteiger partial charge in [-0.05, 0) is 42.8 Å². The molecule has 0 aromatic heterocycles. The first-order valence-electron chi connectivity index (χ1n) is 5.61. The second-order valence-electron chi connectivity index (χ2n) is 4.14. The minimum Gasteiger partial charge on any atom is -0.322 e. The Labute approximate surface area is 118 Å². The Kier molecular flexibility index (Phi) is 3.99. The predicted octanol–water partition coefficient (Wildman–Crippen LogP) is 4.32. The first kappa shape index (κ1) is 14.4. The number of aryl methyl sites for hydroxylation is 1. The molecule has 0 aliphatic rings. The highest BCUT2D eigenvalue weighted by Crippen LogP contribution is 2.21. The van der Waals surface area contributed by atoms with Crippen molar-refractivity contribution in [1.29, 1.82) is 0 Å². The van der Waals surface area contributed by atoms with Crippen molar-refractivity contribution in [3.05, 3.63) is 63.9 Å². The van der Waals surface area contributed by atoms with Gasteiger partial charge in [0.05, 0.1) is 5.56 Å². The van der Waals surface area contributed by atoms with Crippen molar-refractivity contribution in [3.63, 3.8) is 0 Å². The molecule has 2 rings (SSSR count). The van der Waals surface area contributed by atoms with Gasteiger partial charge >= 0.3 is 0 Å².